The van der Waals surface area contributed by atoms with E-state index in [1.54, 1.807) is 0 Å². The first-order valence-electron chi connectivity index (χ1n) is 7.60. The van der Waals surface area contributed by atoms with Gasteiger partial charge in [0, 0.05) is 40.6 Å². The number of fused-ring (bicyclic) bond motifs is 3. The van der Waals surface area contributed by atoms with Gasteiger partial charge in [-0.25, -0.2) is 4.79 Å². The second-order valence-electron chi connectivity index (χ2n) is 6.74. The second kappa shape index (κ2) is 5.61. The third kappa shape index (κ3) is 3.14. The third-order valence-corrected chi connectivity index (χ3v) is 4.36. The van der Waals surface area contributed by atoms with Crippen molar-refractivity contribution in [1.29, 1.82) is 0 Å². The molecule has 1 aromatic carbocycles. The molecule has 0 radical (unpaired) electrons. The maximum Gasteiger partial charge on any atom is 0.410 e. The lowest BCUT2D eigenvalue weighted by Gasteiger charge is -2.26. The lowest BCUT2D eigenvalue weighted by atomic mass is 10.1. The highest BCUT2D eigenvalue weighted by molar-refractivity contribution is 9.10. The topological polar surface area (TPSA) is 45.3 Å². The highest BCUT2D eigenvalue weighted by atomic mass is 79.9. The summed E-state index contributed by atoms with van der Waals surface area (Å²) in [6.45, 7) is 7.08. The molecule has 0 unspecified atom stereocenters. The summed E-state index contributed by atoms with van der Waals surface area (Å²) in [6.07, 6.45) is 1.47. The van der Waals surface area contributed by atoms with Crippen LogP contribution in [-0.2, 0) is 17.6 Å². The Morgan fingerprint density at radius 2 is 2.00 bits per heavy atom. The van der Waals surface area contributed by atoms with Gasteiger partial charge in [0.1, 0.15) is 5.60 Å². The standard InChI is InChI=1S/C17H21BrN2O2/c1-17(2,3)22-16(21)20-8-6-12-13-10-11(18)4-5-14(13)19-15(12)7-9-20/h4-5,10,19H,6-9H2,1-3H3. The molecule has 1 N–H and O–H groups in total. The normalized spacial score (nSPS) is 15.5. The molecule has 0 saturated carbocycles. The number of carbonyl (C=O) groups is 1. The number of ether oxygens (including phenoxy) is 1. The molecule has 22 heavy (non-hydrogen) atoms. The van der Waals surface area contributed by atoms with Crippen LogP contribution in [0.2, 0.25) is 0 Å². The lowest BCUT2D eigenvalue weighted by Crippen LogP contribution is -2.38. The van der Waals surface area contributed by atoms with Crippen LogP contribution in [0.25, 0.3) is 10.9 Å². The van der Waals surface area contributed by atoms with E-state index in [2.05, 4.69) is 33.0 Å². The Morgan fingerprint density at radius 3 is 2.73 bits per heavy atom. The number of hydrogen-bond donors (Lipinski definition) is 1. The Morgan fingerprint density at radius 1 is 1.27 bits per heavy atom. The number of halogens is 1. The molecule has 0 bridgehead atoms. The first-order valence-corrected chi connectivity index (χ1v) is 8.40. The van der Waals surface area contributed by atoms with Crippen molar-refractivity contribution in [3.05, 3.63) is 33.9 Å². The zero-order valence-corrected chi connectivity index (χ0v) is 14.8. The largest absolute Gasteiger partial charge is 0.444 e. The molecule has 0 fully saturated rings. The first-order chi connectivity index (χ1) is 10.3. The molecule has 0 saturated heterocycles. The van der Waals surface area contributed by atoms with Gasteiger partial charge in [0.15, 0.2) is 0 Å². The molecule has 3 rings (SSSR count). The number of hydrogen-bond acceptors (Lipinski definition) is 2. The Labute approximate surface area is 139 Å². The molecule has 0 aliphatic carbocycles. The summed E-state index contributed by atoms with van der Waals surface area (Å²) in [4.78, 5) is 17.5. The SMILES string of the molecule is CC(C)(C)OC(=O)N1CCc2[nH]c3ccc(Br)cc3c2CC1. The van der Waals surface area contributed by atoms with Crippen LogP contribution >= 0.6 is 15.9 Å². The van der Waals surface area contributed by atoms with Crippen molar-refractivity contribution in [2.75, 3.05) is 13.1 Å². The van der Waals surface area contributed by atoms with Crippen molar-refractivity contribution in [3.63, 3.8) is 0 Å². The van der Waals surface area contributed by atoms with Gasteiger partial charge in [-0.2, -0.15) is 0 Å². The quantitative estimate of drug-likeness (QED) is 0.758. The molecule has 2 aromatic rings. The second-order valence-corrected chi connectivity index (χ2v) is 7.66. The number of aromatic nitrogens is 1. The number of aromatic amines is 1. The van der Waals surface area contributed by atoms with Gasteiger partial charge in [-0.15, -0.1) is 0 Å². The van der Waals surface area contributed by atoms with E-state index in [1.165, 1.54) is 22.2 Å². The van der Waals surface area contributed by atoms with Crippen LogP contribution in [-0.4, -0.2) is 34.7 Å². The number of carbonyl (C=O) groups excluding carboxylic acids is 1. The van der Waals surface area contributed by atoms with Crippen LogP contribution in [0.1, 0.15) is 32.0 Å². The number of amides is 1. The molecule has 1 amide bonds. The smallest absolute Gasteiger partial charge is 0.410 e. The zero-order valence-electron chi connectivity index (χ0n) is 13.2. The number of benzene rings is 1. The number of H-pyrrole nitrogens is 1. The third-order valence-electron chi connectivity index (χ3n) is 3.87. The number of rotatable bonds is 0. The van der Waals surface area contributed by atoms with Gasteiger partial charge in [-0.05, 0) is 51.0 Å². The fourth-order valence-corrected chi connectivity index (χ4v) is 3.25. The average molecular weight is 365 g/mol. The predicted octanol–water partition coefficient (Wildman–Crippen LogP) is 4.27. The van der Waals surface area contributed by atoms with Crippen molar-refractivity contribution < 1.29 is 9.53 Å². The maximum absolute atomic E-state index is 12.2. The molecule has 5 heteroatoms. The number of nitrogens with zero attached hydrogens (tertiary/aromatic N) is 1. The molecule has 1 aromatic heterocycles. The Balaban J connectivity index is 1.81. The van der Waals surface area contributed by atoms with Crippen LogP contribution in [0.15, 0.2) is 22.7 Å². The van der Waals surface area contributed by atoms with Crippen molar-refractivity contribution in [1.82, 2.24) is 9.88 Å². The Hall–Kier alpha value is -1.49. The fraction of sp³-hybridized carbons (Fsp3) is 0.471. The summed E-state index contributed by atoms with van der Waals surface area (Å²) >= 11 is 3.53. The van der Waals surface area contributed by atoms with Gasteiger partial charge in [0.05, 0.1) is 0 Å². The minimum absolute atomic E-state index is 0.219. The van der Waals surface area contributed by atoms with Crippen molar-refractivity contribution in [3.8, 4) is 0 Å². The highest BCUT2D eigenvalue weighted by Crippen LogP contribution is 2.28. The van der Waals surface area contributed by atoms with E-state index in [0.29, 0.717) is 13.1 Å². The highest BCUT2D eigenvalue weighted by Gasteiger charge is 2.25. The van der Waals surface area contributed by atoms with E-state index in [1.807, 2.05) is 31.7 Å². The average Bonchev–Trinajstić information content (AvgIpc) is 2.61. The van der Waals surface area contributed by atoms with E-state index < -0.39 is 5.60 Å². The van der Waals surface area contributed by atoms with Gasteiger partial charge in [-0.1, -0.05) is 15.9 Å². The van der Waals surface area contributed by atoms with Crippen LogP contribution < -0.4 is 0 Å². The number of nitrogens with one attached hydrogen (secondary N) is 1. The van der Waals surface area contributed by atoms with Gasteiger partial charge in [0.25, 0.3) is 0 Å². The monoisotopic (exact) mass is 364 g/mol. The molecule has 1 aliphatic rings. The Kier molecular flexibility index (Phi) is 3.93. The van der Waals surface area contributed by atoms with Gasteiger partial charge in [0.2, 0.25) is 0 Å². The summed E-state index contributed by atoms with van der Waals surface area (Å²) in [7, 11) is 0. The van der Waals surface area contributed by atoms with E-state index >= 15 is 0 Å². The van der Waals surface area contributed by atoms with E-state index in [0.717, 1.165) is 17.3 Å². The van der Waals surface area contributed by atoms with Gasteiger partial charge < -0.3 is 14.6 Å². The van der Waals surface area contributed by atoms with Crippen LogP contribution in [0.3, 0.4) is 0 Å². The van der Waals surface area contributed by atoms with E-state index in [9.17, 15) is 4.79 Å². The lowest BCUT2D eigenvalue weighted by molar-refractivity contribution is 0.0258. The fourth-order valence-electron chi connectivity index (χ4n) is 2.89. The minimum Gasteiger partial charge on any atom is -0.444 e. The summed E-state index contributed by atoms with van der Waals surface area (Å²) in [6, 6.07) is 6.29. The molecule has 0 spiro atoms. The summed E-state index contributed by atoms with van der Waals surface area (Å²) in [5.41, 5.74) is 3.27. The minimum atomic E-state index is -0.449. The molecular weight excluding hydrogens is 344 g/mol. The zero-order chi connectivity index (χ0) is 15.9. The maximum atomic E-state index is 12.2. The first kappa shape index (κ1) is 15.4. The van der Waals surface area contributed by atoms with Crippen molar-refractivity contribution in [2.24, 2.45) is 0 Å². The van der Waals surface area contributed by atoms with E-state index in [-0.39, 0.29) is 6.09 Å². The molecule has 118 valence electrons. The van der Waals surface area contributed by atoms with Crippen molar-refractivity contribution >= 4 is 32.9 Å². The van der Waals surface area contributed by atoms with Crippen LogP contribution in [0.4, 0.5) is 4.79 Å². The summed E-state index contributed by atoms with van der Waals surface area (Å²) in [5, 5.41) is 1.25. The molecule has 4 nitrogen and oxygen atoms in total. The van der Waals surface area contributed by atoms with Crippen LogP contribution in [0, 0.1) is 0 Å². The van der Waals surface area contributed by atoms with E-state index in [4.69, 9.17) is 4.74 Å². The Bertz CT molecular complexity index is 715. The van der Waals surface area contributed by atoms with Crippen molar-refractivity contribution in [2.45, 2.75) is 39.2 Å². The molecule has 1 aliphatic heterocycles. The van der Waals surface area contributed by atoms with Crippen LogP contribution in [0.5, 0.6) is 0 Å². The molecule has 2 heterocycles. The molecular formula is C17H21BrN2O2. The summed E-state index contributed by atoms with van der Waals surface area (Å²) in [5.74, 6) is 0. The molecule has 0 atom stereocenters. The van der Waals surface area contributed by atoms with Gasteiger partial charge in [-0.3, -0.25) is 0 Å². The predicted molar refractivity (Wildman–Crippen MR) is 91.2 cm³/mol. The van der Waals surface area contributed by atoms with Gasteiger partial charge >= 0.3 is 6.09 Å². The summed E-state index contributed by atoms with van der Waals surface area (Å²) < 4.78 is 6.56.